The van der Waals surface area contributed by atoms with Crippen molar-refractivity contribution in [3.8, 4) is 0 Å². The summed E-state index contributed by atoms with van der Waals surface area (Å²) in [4.78, 5) is 16.7. The lowest BCUT2D eigenvalue weighted by molar-refractivity contribution is -0.143. The van der Waals surface area contributed by atoms with E-state index >= 15 is 0 Å². The summed E-state index contributed by atoms with van der Waals surface area (Å²) in [5, 5.41) is 0. The second-order valence-corrected chi connectivity index (χ2v) is 6.09. The molecule has 104 valence electrons. The van der Waals surface area contributed by atoms with Crippen LogP contribution < -0.4 is 0 Å². The van der Waals surface area contributed by atoms with Gasteiger partial charge in [0.05, 0.1) is 12.8 Å². The average Bonchev–Trinajstić information content (AvgIpc) is 3.18. The number of carbonyl (C=O) groups is 1. The molecule has 0 bridgehead atoms. The number of hydrogen-bond acceptors (Lipinski definition) is 3. The highest BCUT2D eigenvalue weighted by atomic mass is 16.5. The van der Waals surface area contributed by atoms with Gasteiger partial charge in [0.2, 0.25) is 0 Å². The molecule has 1 fully saturated rings. The molecule has 2 rings (SSSR count). The number of aromatic nitrogens is 1. The first-order valence-corrected chi connectivity index (χ1v) is 7.01. The van der Waals surface area contributed by atoms with Crippen molar-refractivity contribution < 1.29 is 9.53 Å². The first-order chi connectivity index (χ1) is 8.90. The molecule has 0 unspecified atom stereocenters. The Morgan fingerprint density at radius 3 is 2.26 bits per heavy atom. The Bertz CT molecular complexity index is 461. The van der Waals surface area contributed by atoms with Crippen LogP contribution in [0.1, 0.15) is 69.3 Å². The molecular formula is C16H23NO2. The van der Waals surface area contributed by atoms with Crippen molar-refractivity contribution in [3.63, 3.8) is 0 Å². The molecule has 0 saturated heterocycles. The Morgan fingerprint density at radius 1 is 1.21 bits per heavy atom. The molecule has 1 aromatic rings. The van der Waals surface area contributed by atoms with Gasteiger partial charge >= 0.3 is 5.97 Å². The predicted octanol–water partition coefficient (Wildman–Crippen LogP) is 3.53. The SMILES string of the molecule is COC(=O)C1(c2cc(C(C)C)cc(C(C)C)n2)CC1. The van der Waals surface area contributed by atoms with Crippen LogP contribution in [0.25, 0.3) is 0 Å². The van der Waals surface area contributed by atoms with Gasteiger partial charge in [0, 0.05) is 5.69 Å². The molecule has 0 aliphatic heterocycles. The maximum atomic E-state index is 12.0. The molecule has 0 N–H and O–H groups in total. The number of rotatable bonds is 4. The highest BCUT2D eigenvalue weighted by Gasteiger charge is 2.54. The van der Waals surface area contributed by atoms with Crippen molar-refractivity contribution in [1.29, 1.82) is 0 Å². The Kier molecular flexibility index (Phi) is 3.66. The fourth-order valence-electron chi connectivity index (χ4n) is 2.33. The van der Waals surface area contributed by atoms with Crippen LogP contribution in [0.5, 0.6) is 0 Å². The zero-order valence-electron chi connectivity index (χ0n) is 12.5. The molecule has 3 heteroatoms. The van der Waals surface area contributed by atoms with Gasteiger partial charge in [-0.15, -0.1) is 0 Å². The number of nitrogens with zero attached hydrogens (tertiary/aromatic N) is 1. The number of esters is 1. The van der Waals surface area contributed by atoms with Gasteiger partial charge < -0.3 is 4.74 Å². The first kappa shape index (κ1) is 14.0. The third-order valence-corrected chi connectivity index (χ3v) is 3.94. The summed E-state index contributed by atoms with van der Waals surface area (Å²) in [6.45, 7) is 8.60. The van der Waals surface area contributed by atoms with Crippen LogP contribution >= 0.6 is 0 Å². The molecule has 1 aromatic heterocycles. The quantitative estimate of drug-likeness (QED) is 0.778. The minimum Gasteiger partial charge on any atom is -0.468 e. The van der Waals surface area contributed by atoms with Gasteiger partial charge in [-0.25, -0.2) is 0 Å². The van der Waals surface area contributed by atoms with Crippen molar-refractivity contribution in [2.45, 2.75) is 57.8 Å². The number of methoxy groups -OCH3 is 1. The van der Waals surface area contributed by atoms with Crippen molar-refractivity contribution in [2.75, 3.05) is 7.11 Å². The van der Waals surface area contributed by atoms with Crippen LogP contribution in [0.2, 0.25) is 0 Å². The van der Waals surface area contributed by atoms with Gasteiger partial charge in [-0.3, -0.25) is 9.78 Å². The van der Waals surface area contributed by atoms with Crippen LogP contribution in [-0.4, -0.2) is 18.1 Å². The summed E-state index contributed by atoms with van der Waals surface area (Å²) in [7, 11) is 1.46. The number of pyridine rings is 1. The maximum absolute atomic E-state index is 12.0. The highest BCUT2D eigenvalue weighted by Crippen LogP contribution is 2.49. The Hall–Kier alpha value is -1.38. The van der Waals surface area contributed by atoms with Crippen LogP contribution in [0.3, 0.4) is 0 Å². The first-order valence-electron chi connectivity index (χ1n) is 7.01. The largest absolute Gasteiger partial charge is 0.468 e. The van der Waals surface area contributed by atoms with Crippen molar-refractivity contribution >= 4 is 5.97 Å². The molecule has 1 heterocycles. The molecule has 19 heavy (non-hydrogen) atoms. The third kappa shape index (κ3) is 2.51. The Labute approximate surface area is 115 Å². The van der Waals surface area contributed by atoms with E-state index in [1.165, 1.54) is 12.7 Å². The molecule has 1 aliphatic rings. The number of carbonyl (C=O) groups excluding carboxylic acids is 1. The fourth-order valence-corrected chi connectivity index (χ4v) is 2.33. The second-order valence-electron chi connectivity index (χ2n) is 6.09. The Balaban J connectivity index is 2.48. The summed E-state index contributed by atoms with van der Waals surface area (Å²) in [6, 6.07) is 4.24. The standard InChI is InChI=1S/C16H23NO2/c1-10(2)12-8-13(11(3)4)17-14(9-12)16(6-7-16)15(18)19-5/h8-11H,6-7H2,1-5H3. The van der Waals surface area contributed by atoms with E-state index in [4.69, 9.17) is 9.72 Å². The zero-order chi connectivity index (χ0) is 14.2. The number of ether oxygens (including phenoxy) is 1. The fraction of sp³-hybridized carbons (Fsp3) is 0.625. The molecule has 0 aromatic carbocycles. The summed E-state index contributed by atoms with van der Waals surface area (Å²) in [5.41, 5.74) is 2.75. The molecule has 0 spiro atoms. The topological polar surface area (TPSA) is 39.2 Å². The average molecular weight is 261 g/mol. The van der Waals surface area contributed by atoms with E-state index < -0.39 is 5.41 Å². The normalized spacial score (nSPS) is 16.8. The summed E-state index contributed by atoms with van der Waals surface area (Å²) in [5.74, 6) is 0.661. The van der Waals surface area contributed by atoms with E-state index in [-0.39, 0.29) is 5.97 Å². The van der Waals surface area contributed by atoms with E-state index in [1.54, 1.807) is 0 Å². The monoisotopic (exact) mass is 261 g/mol. The molecule has 0 amide bonds. The Morgan fingerprint density at radius 2 is 1.84 bits per heavy atom. The second kappa shape index (κ2) is 4.95. The highest BCUT2D eigenvalue weighted by molar-refractivity contribution is 5.86. The van der Waals surface area contributed by atoms with E-state index in [0.717, 1.165) is 24.2 Å². The van der Waals surface area contributed by atoms with Gasteiger partial charge in [-0.2, -0.15) is 0 Å². The van der Waals surface area contributed by atoms with Crippen LogP contribution in [-0.2, 0) is 14.9 Å². The van der Waals surface area contributed by atoms with Gasteiger partial charge in [0.25, 0.3) is 0 Å². The predicted molar refractivity (Wildman–Crippen MR) is 75.3 cm³/mol. The van der Waals surface area contributed by atoms with Crippen molar-refractivity contribution in [3.05, 3.63) is 29.1 Å². The summed E-state index contributed by atoms with van der Waals surface area (Å²) < 4.78 is 4.95. The molecule has 0 atom stereocenters. The molecule has 1 aliphatic carbocycles. The van der Waals surface area contributed by atoms with Crippen molar-refractivity contribution in [1.82, 2.24) is 4.98 Å². The van der Waals surface area contributed by atoms with Gasteiger partial charge in [-0.1, -0.05) is 27.7 Å². The summed E-state index contributed by atoms with van der Waals surface area (Å²) in [6.07, 6.45) is 1.71. The van der Waals surface area contributed by atoms with Crippen molar-refractivity contribution in [2.24, 2.45) is 0 Å². The van der Waals surface area contributed by atoms with Crippen LogP contribution in [0.4, 0.5) is 0 Å². The number of hydrogen-bond donors (Lipinski definition) is 0. The van der Waals surface area contributed by atoms with Gasteiger partial charge in [0.1, 0.15) is 5.41 Å². The maximum Gasteiger partial charge on any atom is 0.317 e. The van der Waals surface area contributed by atoms with Crippen LogP contribution in [0.15, 0.2) is 12.1 Å². The molecule has 3 nitrogen and oxygen atoms in total. The minimum atomic E-state index is -0.469. The molecule has 1 saturated carbocycles. The van der Waals surface area contributed by atoms with Crippen LogP contribution in [0, 0.1) is 0 Å². The zero-order valence-corrected chi connectivity index (χ0v) is 12.5. The van der Waals surface area contributed by atoms with E-state index in [0.29, 0.717) is 11.8 Å². The lowest BCUT2D eigenvalue weighted by Crippen LogP contribution is -2.24. The lowest BCUT2D eigenvalue weighted by atomic mass is 9.94. The van der Waals surface area contributed by atoms with E-state index in [2.05, 4.69) is 39.8 Å². The van der Waals surface area contributed by atoms with E-state index in [9.17, 15) is 4.79 Å². The minimum absolute atomic E-state index is 0.143. The smallest absolute Gasteiger partial charge is 0.317 e. The van der Waals surface area contributed by atoms with E-state index in [1.807, 2.05) is 0 Å². The molecular weight excluding hydrogens is 238 g/mol. The molecule has 0 radical (unpaired) electrons. The summed E-state index contributed by atoms with van der Waals surface area (Å²) >= 11 is 0. The van der Waals surface area contributed by atoms with Gasteiger partial charge in [-0.05, 0) is 42.4 Å². The third-order valence-electron chi connectivity index (χ3n) is 3.94. The lowest BCUT2D eigenvalue weighted by Gasteiger charge is -2.18. The van der Waals surface area contributed by atoms with Gasteiger partial charge in [0.15, 0.2) is 0 Å².